The number of carbonyl (C=O) groups is 2. The Morgan fingerprint density at radius 3 is 2.36 bits per heavy atom. The fraction of sp³-hybridized carbons (Fsp3) is 0.588. The van der Waals surface area contributed by atoms with Crippen LogP contribution in [-0.4, -0.2) is 29.6 Å². The first-order valence-electron chi connectivity index (χ1n) is 7.84. The Bertz CT molecular complexity index is 501. The zero-order valence-corrected chi connectivity index (χ0v) is 13.8. The normalized spacial score (nSPS) is 13.3. The van der Waals surface area contributed by atoms with Gasteiger partial charge < -0.3 is 9.47 Å². The van der Waals surface area contributed by atoms with E-state index in [1.165, 1.54) is 12.1 Å². The van der Waals surface area contributed by atoms with Crippen LogP contribution in [-0.2, 0) is 9.47 Å². The number of pyridine rings is 1. The van der Waals surface area contributed by atoms with Gasteiger partial charge in [-0.1, -0.05) is 39.7 Å². The number of unbranched alkanes of at least 4 members (excludes halogenated alkanes) is 1. The highest BCUT2D eigenvalue weighted by Gasteiger charge is 2.19. The molecule has 2 atom stereocenters. The lowest BCUT2D eigenvalue weighted by atomic mass is 10.0. The van der Waals surface area contributed by atoms with E-state index in [1.54, 1.807) is 6.07 Å². The summed E-state index contributed by atoms with van der Waals surface area (Å²) in [4.78, 5) is 27.9. The average molecular weight is 307 g/mol. The monoisotopic (exact) mass is 307 g/mol. The molecule has 122 valence electrons. The first-order chi connectivity index (χ1) is 10.5. The van der Waals surface area contributed by atoms with Crippen LogP contribution in [0.25, 0.3) is 0 Å². The zero-order chi connectivity index (χ0) is 16.5. The second-order valence-corrected chi connectivity index (χ2v) is 5.39. The number of rotatable bonds is 8. The van der Waals surface area contributed by atoms with Gasteiger partial charge in [0.1, 0.15) is 17.5 Å². The number of hydrogen-bond donors (Lipinski definition) is 0. The second kappa shape index (κ2) is 9.18. The minimum Gasteiger partial charge on any atom is -0.461 e. The molecule has 1 aromatic heterocycles. The van der Waals surface area contributed by atoms with Crippen LogP contribution in [0.4, 0.5) is 0 Å². The minimum absolute atomic E-state index is 0.125. The lowest BCUT2D eigenvalue weighted by Gasteiger charge is -2.18. The van der Waals surface area contributed by atoms with Gasteiger partial charge in [-0.3, -0.25) is 0 Å². The minimum atomic E-state index is -0.518. The number of esters is 2. The third kappa shape index (κ3) is 5.47. The lowest BCUT2D eigenvalue weighted by molar-refractivity contribution is 0.0206. The SMILES string of the molecule is CCCCOC(=O)c1cccc(C(=O)OC(C)C(C)CC)n1. The molecular weight excluding hydrogens is 282 g/mol. The summed E-state index contributed by atoms with van der Waals surface area (Å²) in [7, 11) is 0. The molecule has 1 rings (SSSR count). The van der Waals surface area contributed by atoms with Crippen molar-refractivity contribution >= 4 is 11.9 Å². The van der Waals surface area contributed by atoms with E-state index >= 15 is 0 Å². The van der Waals surface area contributed by atoms with Gasteiger partial charge in [-0.25, -0.2) is 14.6 Å². The summed E-state index contributed by atoms with van der Waals surface area (Å²) < 4.78 is 10.5. The number of nitrogens with zero attached hydrogens (tertiary/aromatic N) is 1. The summed E-state index contributed by atoms with van der Waals surface area (Å²) >= 11 is 0. The second-order valence-electron chi connectivity index (χ2n) is 5.39. The molecule has 5 nitrogen and oxygen atoms in total. The van der Waals surface area contributed by atoms with Crippen LogP contribution >= 0.6 is 0 Å². The van der Waals surface area contributed by atoms with Gasteiger partial charge in [0, 0.05) is 0 Å². The smallest absolute Gasteiger partial charge is 0.357 e. The number of carbonyl (C=O) groups excluding carboxylic acids is 2. The summed E-state index contributed by atoms with van der Waals surface area (Å²) in [6.45, 7) is 8.29. The first-order valence-corrected chi connectivity index (χ1v) is 7.84. The average Bonchev–Trinajstić information content (AvgIpc) is 2.54. The molecule has 0 fully saturated rings. The van der Waals surface area contributed by atoms with E-state index in [1.807, 2.05) is 27.7 Å². The Kier molecular flexibility index (Phi) is 7.57. The van der Waals surface area contributed by atoms with Crippen molar-refractivity contribution in [2.45, 2.75) is 53.1 Å². The van der Waals surface area contributed by atoms with Crippen LogP contribution in [0.15, 0.2) is 18.2 Å². The van der Waals surface area contributed by atoms with Gasteiger partial charge in [-0.05, 0) is 31.4 Å². The van der Waals surface area contributed by atoms with Crippen LogP contribution in [0.3, 0.4) is 0 Å². The quantitative estimate of drug-likeness (QED) is 0.542. The topological polar surface area (TPSA) is 65.5 Å². The fourth-order valence-corrected chi connectivity index (χ4v) is 1.72. The van der Waals surface area contributed by atoms with E-state index in [-0.39, 0.29) is 23.4 Å². The molecule has 0 aromatic carbocycles. The molecule has 0 radical (unpaired) electrons. The van der Waals surface area contributed by atoms with Crippen LogP contribution in [0.1, 0.15) is 67.9 Å². The molecule has 0 aliphatic heterocycles. The van der Waals surface area contributed by atoms with E-state index in [0.717, 1.165) is 19.3 Å². The van der Waals surface area contributed by atoms with Gasteiger partial charge in [0.15, 0.2) is 0 Å². The molecule has 1 aromatic rings. The zero-order valence-electron chi connectivity index (χ0n) is 13.8. The molecule has 1 heterocycles. The molecule has 22 heavy (non-hydrogen) atoms. The largest absolute Gasteiger partial charge is 0.461 e. The lowest BCUT2D eigenvalue weighted by Crippen LogP contribution is -2.22. The Morgan fingerprint density at radius 1 is 1.14 bits per heavy atom. The van der Waals surface area contributed by atoms with Gasteiger partial charge in [0.25, 0.3) is 0 Å². The summed E-state index contributed by atoms with van der Waals surface area (Å²) in [5, 5.41) is 0. The van der Waals surface area contributed by atoms with E-state index in [4.69, 9.17) is 9.47 Å². The van der Waals surface area contributed by atoms with Crippen molar-refractivity contribution in [1.29, 1.82) is 0 Å². The van der Waals surface area contributed by atoms with Gasteiger partial charge in [-0.15, -0.1) is 0 Å². The summed E-state index contributed by atoms with van der Waals surface area (Å²) in [6, 6.07) is 4.67. The molecule has 0 aliphatic carbocycles. The fourth-order valence-electron chi connectivity index (χ4n) is 1.72. The van der Waals surface area contributed by atoms with Crippen LogP contribution < -0.4 is 0 Å². The predicted octanol–water partition coefficient (Wildman–Crippen LogP) is 3.63. The van der Waals surface area contributed by atoms with Crippen molar-refractivity contribution in [3.8, 4) is 0 Å². The summed E-state index contributed by atoms with van der Waals surface area (Å²) in [6.07, 6.45) is 2.48. The van der Waals surface area contributed by atoms with E-state index in [2.05, 4.69) is 4.98 Å². The van der Waals surface area contributed by atoms with Crippen molar-refractivity contribution in [3.63, 3.8) is 0 Å². The molecule has 0 bridgehead atoms. The predicted molar refractivity (Wildman–Crippen MR) is 83.8 cm³/mol. The van der Waals surface area contributed by atoms with Crippen molar-refractivity contribution in [2.24, 2.45) is 5.92 Å². The van der Waals surface area contributed by atoms with E-state index in [9.17, 15) is 9.59 Å². The molecule has 2 unspecified atom stereocenters. The van der Waals surface area contributed by atoms with E-state index < -0.39 is 11.9 Å². The Balaban J connectivity index is 2.70. The summed E-state index contributed by atoms with van der Waals surface area (Å²) in [5.41, 5.74) is 0.252. The van der Waals surface area contributed by atoms with Crippen molar-refractivity contribution in [3.05, 3.63) is 29.6 Å². The number of hydrogen-bond acceptors (Lipinski definition) is 5. The van der Waals surface area contributed by atoms with E-state index in [0.29, 0.717) is 6.61 Å². The first kappa shape index (κ1) is 18.1. The Hall–Kier alpha value is -1.91. The summed E-state index contributed by atoms with van der Waals surface area (Å²) in [5.74, 6) is -0.764. The highest BCUT2D eigenvalue weighted by atomic mass is 16.5. The standard InChI is InChI=1S/C17H25NO4/c1-5-7-11-21-16(19)14-9-8-10-15(18-14)17(20)22-13(4)12(3)6-2/h8-10,12-13H,5-7,11H2,1-4H3. The van der Waals surface area contributed by atoms with Gasteiger partial charge in [0.05, 0.1) is 6.61 Å². The molecule has 5 heteroatoms. The molecule has 0 amide bonds. The van der Waals surface area contributed by atoms with Crippen LogP contribution in [0.5, 0.6) is 0 Å². The molecule has 0 saturated heterocycles. The van der Waals surface area contributed by atoms with Crippen molar-refractivity contribution in [2.75, 3.05) is 6.61 Å². The maximum absolute atomic E-state index is 12.1. The highest BCUT2D eigenvalue weighted by Crippen LogP contribution is 2.13. The molecular formula is C17H25NO4. The molecule has 0 spiro atoms. The van der Waals surface area contributed by atoms with Gasteiger partial charge in [-0.2, -0.15) is 0 Å². The molecule has 0 aliphatic rings. The van der Waals surface area contributed by atoms with Crippen molar-refractivity contribution in [1.82, 2.24) is 4.98 Å². The Labute approximate surface area is 132 Å². The maximum Gasteiger partial charge on any atom is 0.357 e. The molecule has 0 N–H and O–H groups in total. The third-order valence-corrected chi connectivity index (χ3v) is 3.64. The van der Waals surface area contributed by atoms with Gasteiger partial charge >= 0.3 is 11.9 Å². The number of aromatic nitrogens is 1. The Morgan fingerprint density at radius 2 is 1.77 bits per heavy atom. The van der Waals surface area contributed by atoms with Crippen LogP contribution in [0, 0.1) is 5.92 Å². The molecule has 0 saturated carbocycles. The van der Waals surface area contributed by atoms with Gasteiger partial charge in [0.2, 0.25) is 0 Å². The van der Waals surface area contributed by atoms with Crippen molar-refractivity contribution < 1.29 is 19.1 Å². The maximum atomic E-state index is 12.1. The number of ether oxygens (including phenoxy) is 2. The van der Waals surface area contributed by atoms with Crippen LogP contribution in [0.2, 0.25) is 0 Å². The third-order valence-electron chi connectivity index (χ3n) is 3.64. The highest BCUT2D eigenvalue weighted by molar-refractivity contribution is 5.91.